The van der Waals surface area contributed by atoms with E-state index in [0.29, 0.717) is 17.8 Å². The molecular weight excluding hydrogens is 369 g/mol. The van der Waals surface area contributed by atoms with Crippen molar-refractivity contribution < 1.29 is 14.0 Å². The second kappa shape index (κ2) is 10.0. The smallest absolute Gasteiger partial charge is 0.255 e. The van der Waals surface area contributed by atoms with Crippen molar-refractivity contribution in [1.82, 2.24) is 10.6 Å². The van der Waals surface area contributed by atoms with Gasteiger partial charge >= 0.3 is 0 Å². The summed E-state index contributed by atoms with van der Waals surface area (Å²) in [6, 6.07) is 12.7. The Kier molecular flexibility index (Phi) is 7.76. The predicted molar refractivity (Wildman–Crippen MR) is 105 cm³/mol. The molecule has 27 heavy (non-hydrogen) atoms. The zero-order valence-corrected chi connectivity index (χ0v) is 15.7. The van der Waals surface area contributed by atoms with Crippen LogP contribution in [0.25, 0.3) is 0 Å². The van der Waals surface area contributed by atoms with Crippen LogP contribution in [-0.4, -0.2) is 24.9 Å². The Morgan fingerprint density at radius 1 is 1.15 bits per heavy atom. The quantitative estimate of drug-likeness (QED) is 0.733. The first-order chi connectivity index (χ1) is 12.6. The van der Waals surface area contributed by atoms with Crippen molar-refractivity contribution in [3.8, 4) is 0 Å². The Hall–Kier alpha value is -2.44. The van der Waals surface area contributed by atoms with Gasteiger partial charge in [-0.05, 0) is 61.3 Å². The molecule has 3 rings (SSSR count). The highest BCUT2D eigenvalue weighted by Gasteiger charge is 2.20. The van der Waals surface area contributed by atoms with Gasteiger partial charge in [0.1, 0.15) is 5.82 Å². The van der Waals surface area contributed by atoms with Gasteiger partial charge in [0.25, 0.3) is 5.91 Å². The van der Waals surface area contributed by atoms with Crippen LogP contribution in [0.5, 0.6) is 0 Å². The summed E-state index contributed by atoms with van der Waals surface area (Å²) in [5.74, 6) is -0.616. The summed E-state index contributed by atoms with van der Waals surface area (Å²) in [6.45, 7) is 2.11. The minimum atomic E-state index is -0.382. The van der Waals surface area contributed by atoms with Crippen LogP contribution in [0.4, 0.5) is 10.1 Å². The highest BCUT2D eigenvalue weighted by atomic mass is 35.5. The Labute approximate surface area is 164 Å². The van der Waals surface area contributed by atoms with Gasteiger partial charge in [-0.25, -0.2) is 4.39 Å². The maximum atomic E-state index is 12.9. The highest BCUT2D eigenvalue weighted by Crippen LogP contribution is 2.14. The topological polar surface area (TPSA) is 70.2 Å². The van der Waals surface area contributed by atoms with Crippen molar-refractivity contribution >= 4 is 29.9 Å². The number of amides is 2. The highest BCUT2D eigenvalue weighted by molar-refractivity contribution is 6.04. The standard InChI is InChI=1S/C20H22FN3O2.ClH/c21-17-8-6-15(7-9-17)20(26)24-18-5-1-3-14(11-18)12-23-19(25)16-4-2-10-22-13-16;/h1,3,5-9,11,16,22H,2,4,10,12-13H2,(H,23,25)(H,24,26);1H. The summed E-state index contributed by atoms with van der Waals surface area (Å²) in [5.41, 5.74) is 1.92. The predicted octanol–water partition coefficient (Wildman–Crippen LogP) is 3.12. The molecule has 144 valence electrons. The molecule has 0 bridgehead atoms. The zero-order valence-electron chi connectivity index (χ0n) is 14.8. The summed E-state index contributed by atoms with van der Waals surface area (Å²) in [4.78, 5) is 24.4. The minimum absolute atomic E-state index is 0. The van der Waals surface area contributed by atoms with Gasteiger partial charge in [-0.1, -0.05) is 12.1 Å². The Balaban J connectivity index is 0.00000261. The van der Waals surface area contributed by atoms with E-state index < -0.39 is 0 Å². The fourth-order valence-corrected chi connectivity index (χ4v) is 2.97. The molecule has 1 aliphatic rings. The number of rotatable bonds is 5. The summed E-state index contributed by atoms with van der Waals surface area (Å²) in [5, 5.41) is 8.97. The van der Waals surface area contributed by atoms with E-state index in [0.717, 1.165) is 31.5 Å². The maximum Gasteiger partial charge on any atom is 0.255 e. The third-order valence-electron chi connectivity index (χ3n) is 4.43. The normalized spacial score (nSPS) is 16.1. The summed E-state index contributed by atoms with van der Waals surface area (Å²) < 4.78 is 12.9. The van der Waals surface area contributed by atoms with Crippen molar-refractivity contribution in [2.45, 2.75) is 19.4 Å². The number of carbonyl (C=O) groups excluding carboxylic acids is 2. The molecule has 2 aromatic carbocycles. The monoisotopic (exact) mass is 391 g/mol. The largest absolute Gasteiger partial charge is 0.352 e. The number of hydrogen-bond acceptors (Lipinski definition) is 3. The van der Waals surface area contributed by atoms with Crippen molar-refractivity contribution in [3.05, 3.63) is 65.5 Å². The number of carbonyl (C=O) groups is 2. The molecule has 1 aliphatic heterocycles. The lowest BCUT2D eigenvalue weighted by Crippen LogP contribution is -2.40. The third kappa shape index (κ3) is 6.05. The molecule has 2 amide bonds. The van der Waals surface area contributed by atoms with Crippen molar-refractivity contribution in [1.29, 1.82) is 0 Å². The van der Waals surface area contributed by atoms with E-state index in [1.807, 2.05) is 18.2 Å². The molecule has 1 atom stereocenters. The molecule has 1 saturated heterocycles. The Bertz CT molecular complexity index is 777. The van der Waals surface area contributed by atoms with Gasteiger partial charge in [-0.3, -0.25) is 9.59 Å². The summed E-state index contributed by atoms with van der Waals surface area (Å²) in [6.07, 6.45) is 1.93. The van der Waals surface area contributed by atoms with Gasteiger partial charge < -0.3 is 16.0 Å². The second-order valence-corrected chi connectivity index (χ2v) is 6.42. The maximum absolute atomic E-state index is 12.9. The molecule has 0 spiro atoms. The minimum Gasteiger partial charge on any atom is -0.352 e. The van der Waals surface area contributed by atoms with Gasteiger partial charge in [-0.2, -0.15) is 0 Å². The van der Waals surface area contributed by atoms with Crippen LogP contribution < -0.4 is 16.0 Å². The molecule has 0 aromatic heterocycles. The van der Waals surface area contributed by atoms with Crippen LogP contribution in [0.1, 0.15) is 28.8 Å². The van der Waals surface area contributed by atoms with Gasteiger partial charge in [0, 0.05) is 24.3 Å². The van der Waals surface area contributed by atoms with Gasteiger partial charge in [0.2, 0.25) is 5.91 Å². The molecule has 1 unspecified atom stereocenters. The SMILES string of the molecule is Cl.O=C(Nc1cccc(CNC(=O)C2CCCNC2)c1)c1ccc(F)cc1. The van der Waals surface area contributed by atoms with Crippen molar-refractivity contribution in [2.24, 2.45) is 5.92 Å². The Morgan fingerprint density at radius 2 is 1.93 bits per heavy atom. The number of halogens is 2. The molecule has 5 nitrogen and oxygen atoms in total. The summed E-state index contributed by atoms with van der Waals surface area (Å²) in [7, 11) is 0. The molecule has 0 radical (unpaired) electrons. The van der Waals surface area contributed by atoms with Crippen LogP contribution >= 0.6 is 12.4 Å². The first-order valence-electron chi connectivity index (χ1n) is 8.76. The number of piperidine rings is 1. The summed E-state index contributed by atoms with van der Waals surface area (Å²) >= 11 is 0. The van der Waals surface area contributed by atoms with E-state index >= 15 is 0 Å². The molecule has 1 fully saturated rings. The fourth-order valence-electron chi connectivity index (χ4n) is 2.97. The van der Waals surface area contributed by atoms with Crippen LogP contribution in [0.3, 0.4) is 0 Å². The van der Waals surface area contributed by atoms with E-state index in [-0.39, 0.29) is 36.0 Å². The number of benzene rings is 2. The molecule has 0 saturated carbocycles. The van der Waals surface area contributed by atoms with E-state index in [1.54, 1.807) is 6.07 Å². The molecular formula is C20H23ClFN3O2. The van der Waals surface area contributed by atoms with Crippen LogP contribution in [0.15, 0.2) is 48.5 Å². The van der Waals surface area contributed by atoms with Crippen LogP contribution in [0, 0.1) is 11.7 Å². The molecule has 3 N–H and O–H groups in total. The lowest BCUT2D eigenvalue weighted by Gasteiger charge is -2.21. The van der Waals surface area contributed by atoms with Crippen molar-refractivity contribution in [3.63, 3.8) is 0 Å². The molecule has 0 aliphatic carbocycles. The van der Waals surface area contributed by atoms with Gasteiger partial charge in [0.15, 0.2) is 0 Å². The van der Waals surface area contributed by atoms with Crippen LogP contribution in [0.2, 0.25) is 0 Å². The van der Waals surface area contributed by atoms with Crippen molar-refractivity contribution in [2.75, 3.05) is 18.4 Å². The molecule has 2 aromatic rings. The molecule has 1 heterocycles. The van der Waals surface area contributed by atoms with Crippen LogP contribution in [-0.2, 0) is 11.3 Å². The second-order valence-electron chi connectivity index (χ2n) is 6.42. The first kappa shape index (κ1) is 20.9. The average molecular weight is 392 g/mol. The fraction of sp³-hybridized carbons (Fsp3) is 0.300. The number of hydrogen-bond donors (Lipinski definition) is 3. The van der Waals surface area contributed by atoms with E-state index in [9.17, 15) is 14.0 Å². The third-order valence-corrected chi connectivity index (χ3v) is 4.43. The zero-order chi connectivity index (χ0) is 18.4. The van der Waals surface area contributed by atoms with Gasteiger partial charge in [0.05, 0.1) is 5.92 Å². The van der Waals surface area contributed by atoms with E-state index in [4.69, 9.17) is 0 Å². The lowest BCUT2D eigenvalue weighted by atomic mass is 9.99. The molecule has 7 heteroatoms. The van der Waals surface area contributed by atoms with E-state index in [2.05, 4.69) is 16.0 Å². The first-order valence-corrected chi connectivity index (χ1v) is 8.76. The van der Waals surface area contributed by atoms with Gasteiger partial charge in [-0.15, -0.1) is 12.4 Å². The lowest BCUT2D eigenvalue weighted by molar-refractivity contribution is -0.125. The number of nitrogens with one attached hydrogen (secondary N) is 3. The average Bonchev–Trinajstić information content (AvgIpc) is 2.67. The van der Waals surface area contributed by atoms with E-state index in [1.165, 1.54) is 24.3 Å². The number of anilines is 1. The Morgan fingerprint density at radius 3 is 2.63 bits per heavy atom.